The third-order valence-electron chi connectivity index (χ3n) is 4.32. The van der Waals surface area contributed by atoms with Gasteiger partial charge in [-0.05, 0) is 49.4 Å². The number of hydrogen-bond acceptors (Lipinski definition) is 4. The summed E-state index contributed by atoms with van der Waals surface area (Å²) in [5, 5.41) is 14.7. The Morgan fingerprint density at radius 2 is 1.87 bits per heavy atom. The van der Waals surface area contributed by atoms with Crippen molar-refractivity contribution in [3.8, 4) is 6.07 Å². The predicted octanol–water partition coefficient (Wildman–Crippen LogP) is 5.12. The van der Waals surface area contributed by atoms with Crippen LogP contribution in [0.25, 0.3) is 0 Å². The average Bonchev–Trinajstić information content (AvgIpc) is 2.73. The standard InChI is InChI=1S/C21H15Cl2FN4O2/c1-11(18-16(22)6-7-17(24)19(18)23)27-14-8-15(20(29)26-10-14)21(30)28-13-4-2-12(9-25)3-5-13/h2-8,10-11,27H,1H3,(H,26,29)(H,28,30)/t11-/m1/s1. The molecule has 6 nitrogen and oxygen atoms in total. The minimum Gasteiger partial charge on any atom is -0.377 e. The third-order valence-corrected chi connectivity index (χ3v) is 5.03. The largest absolute Gasteiger partial charge is 0.377 e. The lowest BCUT2D eigenvalue weighted by atomic mass is 10.1. The summed E-state index contributed by atoms with van der Waals surface area (Å²) in [6.45, 7) is 1.72. The van der Waals surface area contributed by atoms with Gasteiger partial charge in [0, 0.05) is 22.5 Å². The Bertz CT molecular complexity index is 1200. The first-order chi connectivity index (χ1) is 14.3. The van der Waals surface area contributed by atoms with Crippen LogP contribution in [0.1, 0.15) is 34.5 Å². The first kappa shape index (κ1) is 21.4. The van der Waals surface area contributed by atoms with E-state index in [0.29, 0.717) is 22.5 Å². The van der Waals surface area contributed by atoms with Gasteiger partial charge in [0.1, 0.15) is 11.4 Å². The Balaban J connectivity index is 1.83. The van der Waals surface area contributed by atoms with Gasteiger partial charge in [-0.2, -0.15) is 5.26 Å². The van der Waals surface area contributed by atoms with Gasteiger partial charge in [-0.3, -0.25) is 9.59 Å². The summed E-state index contributed by atoms with van der Waals surface area (Å²) < 4.78 is 13.8. The molecule has 3 rings (SSSR count). The molecule has 0 unspecified atom stereocenters. The van der Waals surface area contributed by atoms with Crippen LogP contribution < -0.4 is 16.2 Å². The summed E-state index contributed by atoms with van der Waals surface area (Å²) in [4.78, 5) is 27.2. The molecule has 30 heavy (non-hydrogen) atoms. The van der Waals surface area contributed by atoms with Crippen molar-refractivity contribution in [1.82, 2.24) is 4.98 Å². The highest BCUT2D eigenvalue weighted by Gasteiger charge is 2.18. The number of aromatic amines is 1. The van der Waals surface area contributed by atoms with Crippen LogP contribution in [0.5, 0.6) is 0 Å². The van der Waals surface area contributed by atoms with Crippen molar-refractivity contribution in [3.05, 3.63) is 91.6 Å². The average molecular weight is 445 g/mol. The summed E-state index contributed by atoms with van der Waals surface area (Å²) in [5.74, 6) is -1.23. The van der Waals surface area contributed by atoms with Crippen molar-refractivity contribution in [3.63, 3.8) is 0 Å². The summed E-state index contributed by atoms with van der Waals surface area (Å²) in [6.07, 6.45) is 1.39. The highest BCUT2D eigenvalue weighted by molar-refractivity contribution is 6.36. The number of nitriles is 1. The molecule has 0 aliphatic rings. The smallest absolute Gasteiger partial charge is 0.261 e. The zero-order valence-electron chi connectivity index (χ0n) is 15.6. The molecule has 0 spiro atoms. The molecule has 0 bridgehead atoms. The second kappa shape index (κ2) is 8.99. The molecule has 1 heterocycles. The maximum atomic E-state index is 13.8. The van der Waals surface area contributed by atoms with Crippen LogP contribution >= 0.6 is 23.2 Å². The zero-order valence-corrected chi connectivity index (χ0v) is 17.1. The highest BCUT2D eigenvalue weighted by Crippen LogP contribution is 2.33. The summed E-state index contributed by atoms with van der Waals surface area (Å²) in [5.41, 5.74) is 0.926. The van der Waals surface area contributed by atoms with E-state index in [9.17, 15) is 14.0 Å². The molecular formula is C21H15Cl2FN4O2. The molecular weight excluding hydrogens is 430 g/mol. The number of benzene rings is 2. The number of H-pyrrole nitrogens is 1. The number of nitrogens with zero attached hydrogens (tertiary/aromatic N) is 1. The Hall–Kier alpha value is -3.34. The van der Waals surface area contributed by atoms with Crippen molar-refractivity contribution >= 4 is 40.5 Å². The molecule has 1 amide bonds. The molecule has 3 aromatic rings. The van der Waals surface area contributed by atoms with Gasteiger partial charge in [0.2, 0.25) is 0 Å². The Labute approximate surface area is 181 Å². The fraction of sp³-hybridized carbons (Fsp3) is 0.0952. The van der Waals surface area contributed by atoms with Crippen molar-refractivity contribution in [2.45, 2.75) is 13.0 Å². The van der Waals surface area contributed by atoms with Gasteiger partial charge >= 0.3 is 0 Å². The molecule has 152 valence electrons. The van der Waals surface area contributed by atoms with E-state index in [1.54, 1.807) is 31.2 Å². The molecule has 2 aromatic carbocycles. The van der Waals surface area contributed by atoms with Crippen LogP contribution in [0.3, 0.4) is 0 Å². The second-order valence-corrected chi connectivity index (χ2v) is 7.18. The lowest BCUT2D eigenvalue weighted by Crippen LogP contribution is -2.23. The molecule has 3 N–H and O–H groups in total. The number of pyridine rings is 1. The summed E-state index contributed by atoms with van der Waals surface area (Å²) in [6, 6.07) is 11.6. The molecule has 9 heteroatoms. The number of halogens is 3. The molecule has 0 aliphatic heterocycles. The van der Waals surface area contributed by atoms with Crippen molar-refractivity contribution in [2.24, 2.45) is 0 Å². The normalized spacial score (nSPS) is 11.4. The van der Waals surface area contributed by atoms with Crippen molar-refractivity contribution in [2.75, 3.05) is 10.6 Å². The van der Waals surface area contributed by atoms with Gasteiger partial charge in [-0.1, -0.05) is 23.2 Å². The summed E-state index contributed by atoms with van der Waals surface area (Å²) >= 11 is 12.2. The molecule has 1 atom stereocenters. The maximum absolute atomic E-state index is 13.8. The number of amides is 1. The minimum absolute atomic E-state index is 0.106. The monoisotopic (exact) mass is 444 g/mol. The first-order valence-corrected chi connectivity index (χ1v) is 9.50. The van der Waals surface area contributed by atoms with Crippen molar-refractivity contribution in [1.29, 1.82) is 5.26 Å². The third kappa shape index (κ3) is 4.62. The number of nitrogens with one attached hydrogen (secondary N) is 3. The molecule has 0 aliphatic carbocycles. The van der Waals surface area contributed by atoms with Gasteiger partial charge in [-0.25, -0.2) is 4.39 Å². The van der Waals surface area contributed by atoms with E-state index in [-0.39, 0.29) is 15.6 Å². The molecule has 0 saturated carbocycles. The van der Waals surface area contributed by atoms with E-state index in [4.69, 9.17) is 28.5 Å². The van der Waals surface area contributed by atoms with E-state index in [1.807, 2.05) is 6.07 Å². The number of carbonyl (C=O) groups is 1. The second-order valence-electron chi connectivity index (χ2n) is 6.40. The molecule has 0 fully saturated rings. The van der Waals surface area contributed by atoms with Gasteiger partial charge in [0.25, 0.3) is 11.5 Å². The number of hydrogen-bond donors (Lipinski definition) is 3. The van der Waals surface area contributed by atoms with E-state index in [2.05, 4.69) is 15.6 Å². The topological polar surface area (TPSA) is 97.8 Å². The quantitative estimate of drug-likeness (QED) is 0.475. The van der Waals surface area contributed by atoms with Crippen LogP contribution in [-0.2, 0) is 0 Å². The van der Waals surface area contributed by atoms with Crippen LogP contribution in [0, 0.1) is 17.1 Å². The van der Waals surface area contributed by atoms with Crippen molar-refractivity contribution < 1.29 is 9.18 Å². The zero-order chi connectivity index (χ0) is 21.8. The lowest BCUT2D eigenvalue weighted by Gasteiger charge is -2.19. The fourth-order valence-electron chi connectivity index (χ4n) is 2.82. The van der Waals surface area contributed by atoms with Crippen LogP contribution in [-0.4, -0.2) is 10.9 Å². The Morgan fingerprint density at radius 1 is 1.17 bits per heavy atom. The van der Waals surface area contributed by atoms with E-state index >= 15 is 0 Å². The first-order valence-electron chi connectivity index (χ1n) is 8.74. The minimum atomic E-state index is -0.626. The fourth-order valence-corrected chi connectivity index (χ4v) is 3.52. The molecule has 1 aromatic heterocycles. The van der Waals surface area contributed by atoms with Crippen LogP contribution in [0.4, 0.5) is 15.8 Å². The SMILES string of the molecule is C[C@@H](Nc1c[nH]c(=O)c(C(=O)Nc2ccc(C#N)cc2)c1)c1c(Cl)ccc(F)c1Cl. The summed E-state index contributed by atoms with van der Waals surface area (Å²) in [7, 11) is 0. The van der Waals surface area contributed by atoms with E-state index in [1.165, 1.54) is 24.4 Å². The van der Waals surface area contributed by atoms with E-state index < -0.39 is 23.3 Å². The molecule has 0 radical (unpaired) electrons. The van der Waals surface area contributed by atoms with E-state index in [0.717, 1.165) is 0 Å². The number of rotatable bonds is 5. The lowest BCUT2D eigenvalue weighted by molar-refractivity contribution is 0.102. The Morgan fingerprint density at radius 3 is 2.53 bits per heavy atom. The van der Waals surface area contributed by atoms with Gasteiger partial charge < -0.3 is 15.6 Å². The van der Waals surface area contributed by atoms with Crippen LogP contribution in [0.15, 0.2) is 53.5 Å². The molecule has 0 saturated heterocycles. The number of aromatic nitrogens is 1. The Kier molecular flexibility index (Phi) is 6.40. The van der Waals surface area contributed by atoms with Gasteiger partial charge in [0.05, 0.1) is 28.4 Å². The predicted molar refractivity (Wildman–Crippen MR) is 115 cm³/mol. The maximum Gasteiger partial charge on any atom is 0.261 e. The number of carbonyl (C=O) groups excluding carboxylic acids is 1. The van der Waals surface area contributed by atoms with Gasteiger partial charge in [-0.15, -0.1) is 0 Å². The highest BCUT2D eigenvalue weighted by atomic mass is 35.5. The number of anilines is 2. The van der Waals surface area contributed by atoms with Gasteiger partial charge in [0.15, 0.2) is 0 Å². The van der Waals surface area contributed by atoms with Crippen LogP contribution in [0.2, 0.25) is 10.0 Å².